The number of methoxy groups -OCH3 is 2. The van der Waals surface area contributed by atoms with E-state index < -0.39 is 0 Å². The third-order valence-corrected chi connectivity index (χ3v) is 4.70. The summed E-state index contributed by atoms with van der Waals surface area (Å²) >= 11 is 3.54. The monoisotopic (exact) mass is 356 g/mol. The average Bonchev–Trinajstić information content (AvgIpc) is 2.94. The second-order valence-corrected chi connectivity index (χ2v) is 6.22. The number of halogens is 1. The zero-order valence-corrected chi connectivity index (χ0v) is 14.7. The summed E-state index contributed by atoms with van der Waals surface area (Å²) in [5.41, 5.74) is 1.19. The van der Waals surface area contributed by atoms with Gasteiger partial charge in [0.15, 0.2) is 11.5 Å². The Hall–Kier alpha value is -0.780. The number of benzene rings is 1. The number of hydrogen-bond donors (Lipinski definition) is 1. The molecule has 4 nitrogen and oxygen atoms in total. The molecule has 21 heavy (non-hydrogen) atoms. The summed E-state index contributed by atoms with van der Waals surface area (Å²) in [5, 5.41) is 3.57. The summed E-state index contributed by atoms with van der Waals surface area (Å²) in [7, 11) is 3.32. The first kappa shape index (κ1) is 16.6. The fourth-order valence-corrected chi connectivity index (χ4v) is 3.65. The van der Waals surface area contributed by atoms with Gasteiger partial charge >= 0.3 is 0 Å². The van der Waals surface area contributed by atoms with Crippen LogP contribution < -0.4 is 14.8 Å². The summed E-state index contributed by atoms with van der Waals surface area (Å²) < 4.78 is 11.6. The summed E-state index contributed by atoms with van der Waals surface area (Å²) in [6, 6.07) is 4.79. The first-order valence-corrected chi connectivity index (χ1v) is 8.34. The Morgan fingerprint density at radius 1 is 1.33 bits per heavy atom. The van der Waals surface area contributed by atoms with Crippen molar-refractivity contribution in [1.82, 2.24) is 10.2 Å². The van der Waals surface area contributed by atoms with Crippen LogP contribution in [0.4, 0.5) is 0 Å². The molecule has 2 rings (SSSR count). The number of likely N-dealkylation sites (N-methyl/N-ethyl adjacent to an activating group) is 1. The average molecular weight is 357 g/mol. The highest BCUT2D eigenvalue weighted by Gasteiger charge is 2.22. The minimum atomic E-state index is 0.679. The van der Waals surface area contributed by atoms with E-state index in [0.717, 1.165) is 35.6 Å². The second kappa shape index (κ2) is 8.01. The van der Waals surface area contributed by atoms with Gasteiger partial charge in [-0.1, -0.05) is 6.92 Å². The first-order chi connectivity index (χ1) is 10.2. The Labute approximate surface area is 135 Å². The molecule has 0 spiro atoms. The highest BCUT2D eigenvalue weighted by molar-refractivity contribution is 9.10. The predicted octanol–water partition coefficient (Wildman–Crippen LogP) is 3.04. The van der Waals surface area contributed by atoms with Crippen molar-refractivity contribution in [1.29, 1.82) is 0 Å². The van der Waals surface area contributed by atoms with Gasteiger partial charge in [0.25, 0.3) is 0 Å². The van der Waals surface area contributed by atoms with Crippen molar-refractivity contribution >= 4 is 15.9 Å². The second-order valence-electron chi connectivity index (χ2n) is 5.37. The van der Waals surface area contributed by atoms with Gasteiger partial charge in [0.2, 0.25) is 0 Å². The van der Waals surface area contributed by atoms with Crippen LogP contribution in [0.5, 0.6) is 11.5 Å². The zero-order valence-electron chi connectivity index (χ0n) is 13.1. The Bertz CT molecular complexity index is 468. The molecule has 1 heterocycles. The standard InChI is InChI=1S/C16H25BrN2O2/c1-4-19-7-5-6-13(19)11-18-10-12-8-14(17)16(21-3)15(9-12)20-2/h8-9,13,18H,4-7,10-11H2,1-3H3/t13-/m0/s1. The quantitative estimate of drug-likeness (QED) is 0.813. The van der Waals surface area contributed by atoms with Gasteiger partial charge in [-0.2, -0.15) is 0 Å². The molecule has 0 amide bonds. The lowest BCUT2D eigenvalue weighted by Gasteiger charge is -2.23. The molecule has 1 aliphatic heterocycles. The molecule has 1 aliphatic rings. The molecule has 1 aromatic carbocycles. The van der Waals surface area contributed by atoms with Crippen LogP contribution in [0.3, 0.4) is 0 Å². The number of likely N-dealkylation sites (tertiary alicyclic amines) is 1. The van der Waals surface area contributed by atoms with Gasteiger partial charge in [-0.15, -0.1) is 0 Å². The molecule has 0 aromatic heterocycles. The minimum absolute atomic E-state index is 0.679. The Balaban J connectivity index is 1.92. The Kier molecular flexibility index (Phi) is 6.33. The van der Waals surface area contributed by atoms with Crippen LogP contribution >= 0.6 is 15.9 Å². The molecule has 0 radical (unpaired) electrons. The molecular formula is C16H25BrN2O2. The van der Waals surface area contributed by atoms with E-state index in [-0.39, 0.29) is 0 Å². The van der Waals surface area contributed by atoms with Gasteiger partial charge < -0.3 is 14.8 Å². The third-order valence-electron chi connectivity index (χ3n) is 4.11. The molecule has 1 saturated heterocycles. The van der Waals surface area contributed by atoms with Crippen molar-refractivity contribution in [3.8, 4) is 11.5 Å². The normalized spacial score (nSPS) is 19.0. The van der Waals surface area contributed by atoms with Crippen LogP contribution in [0, 0.1) is 0 Å². The Morgan fingerprint density at radius 3 is 2.81 bits per heavy atom. The van der Waals surface area contributed by atoms with Gasteiger partial charge in [-0.25, -0.2) is 0 Å². The summed E-state index contributed by atoms with van der Waals surface area (Å²) in [6.07, 6.45) is 2.62. The number of hydrogen-bond acceptors (Lipinski definition) is 4. The number of rotatable bonds is 7. The largest absolute Gasteiger partial charge is 0.493 e. The molecule has 0 bridgehead atoms. The van der Waals surface area contributed by atoms with Gasteiger partial charge in [0.1, 0.15) is 0 Å². The highest BCUT2D eigenvalue weighted by atomic mass is 79.9. The molecular weight excluding hydrogens is 332 g/mol. The molecule has 118 valence electrons. The Morgan fingerprint density at radius 2 is 2.14 bits per heavy atom. The maximum atomic E-state index is 5.38. The fraction of sp³-hybridized carbons (Fsp3) is 0.625. The van der Waals surface area contributed by atoms with E-state index in [1.807, 2.05) is 6.07 Å². The topological polar surface area (TPSA) is 33.7 Å². The van der Waals surface area contributed by atoms with Crippen LogP contribution in [0.1, 0.15) is 25.3 Å². The van der Waals surface area contributed by atoms with Crippen molar-refractivity contribution in [2.24, 2.45) is 0 Å². The number of nitrogens with one attached hydrogen (secondary N) is 1. The maximum absolute atomic E-state index is 5.38. The SMILES string of the molecule is CCN1CCC[C@H]1CNCc1cc(Br)c(OC)c(OC)c1. The molecule has 1 aromatic rings. The van der Waals surface area contributed by atoms with Crippen LogP contribution in [-0.2, 0) is 6.54 Å². The summed E-state index contributed by atoms with van der Waals surface area (Å²) in [6.45, 7) is 6.51. The number of ether oxygens (including phenoxy) is 2. The van der Waals surface area contributed by atoms with E-state index in [4.69, 9.17) is 9.47 Å². The van der Waals surface area contributed by atoms with Crippen molar-refractivity contribution in [2.75, 3.05) is 33.9 Å². The van der Waals surface area contributed by atoms with Crippen LogP contribution in [0.25, 0.3) is 0 Å². The number of nitrogens with zero attached hydrogens (tertiary/aromatic N) is 1. The predicted molar refractivity (Wildman–Crippen MR) is 89.2 cm³/mol. The smallest absolute Gasteiger partial charge is 0.174 e. The van der Waals surface area contributed by atoms with Gasteiger partial charge in [-0.05, 0) is 59.6 Å². The zero-order chi connectivity index (χ0) is 15.2. The van der Waals surface area contributed by atoms with Crippen LogP contribution in [0.2, 0.25) is 0 Å². The van der Waals surface area contributed by atoms with E-state index in [2.05, 4.69) is 39.1 Å². The van der Waals surface area contributed by atoms with E-state index in [9.17, 15) is 0 Å². The van der Waals surface area contributed by atoms with Crippen molar-refractivity contribution in [2.45, 2.75) is 32.4 Å². The lowest BCUT2D eigenvalue weighted by atomic mass is 10.2. The first-order valence-electron chi connectivity index (χ1n) is 7.54. The lowest BCUT2D eigenvalue weighted by molar-refractivity contribution is 0.260. The van der Waals surface area contributed by atoms with E-state index >= 15 is 0 Å². The van der Waals surface area contributed by atoms with Gasteiger partial charge in [0, 0.05) is 19.1 Å². The van der Waals surface area contributed by atoms with Crippen LogP contribution in [-0.4, -0.2) is 44.8 Å². The third kappa shape index (κ3) is 4.11. The fourth-order valence-electron chi connectivity index (χ4n) is 3.00. The van der Waals surface area contributed by atoms with Crippen molar-refractivity contribution < 1.29 is 9.47 Å². The molecule has 0 unspecified atom stereocenters. The molecule has 0 saturated carbocycles. The van der Waals surface area contributed by atoms with E-state index in [0.29, 0.717) is 6.04 Å². The molecule has 5 heteroatoms. The summed E-state index contributed by atoms with van der Waals surface area (Å²) in [4.78, 5) is 2.55. The van der Waals surface area contributed by atoms with Gasteiger partial charge in [0.05, 0.1) is 18.7 Å². The van der Waals surface area contributed by atoms with Crippen molar-refractivity contribution in [3.05, 3.63) is 22.2 Å². The summed E-state index contributed by atoms with van der Waals surface area (Å²) in [5.74, 6) is 1.51. The lowest BCUT2D eigenvalue weighted by Crippen LogP contribution is -2.37. The van der Waals surface area contributed by atoms with Crippen LogP contribution in [0.15, 0.2) is 16.6 Å². The molecule has 1 N–H and O–H groups in total. The van der Waals surface area contributed by atoms with E-state index in [1.165, 1.54) is 24.9 Å². The molecule has 1 atom stereocenters. The highest BCUT2D eigenvalue weighted by Crippen LogP contribution is 2.36. The molecule has 1 fully saturated rings. The maximum Gasteiger partial charge on any atom is 0.174 e. The minimum Gasteiger partial charge on any atom is -0.493 e. The van der Waals surface area contributed by atoms with Gasteiger partial charge in [-0.3, -0.25) is 4.90 Å². The van der Waals surface area contributed by atoms with Crippen molar-refractivity contribution in [3.63, 3.8) is 0 Å². The molecule has 0 aliphatic carbocycles. The van der Waals surface area contributed by atoms with E-state index in [1.54, 1.807) is 14.2 Å².